The summed E-state index contributed by atoms with van der Waals surface area (Å²) in [4.78, 5) is 50.1. The minimum atomic E-state index is -4.63. The number of ketones is 2. The van der Waals surface area contributed by atoms with E-state index in [4.69, 9.17) is 9.47 Å². The van der Waals surface area contributed by atoms with Crippen molar-refractivity contribution in [1.29, 1.82) is 0 Å². The van der Waals surface area contributed by atoms with Crippen molar-refractivity contribution in [3.05, 3.63) is 228 Å². The molecule has 0 fully saturated rings. The fraction of sp³-hybridized carbons (Fsp3) is 0. The Bertz CT molecular complexity index is 3660. The zero-order valence-corrected chi connectivity index (χ0v) is 46.5. The molecule has 0 heterocycles. The number of carbonyl (C=O) groups is 4. The maximum Gasteiger partial charge on any atom is 1.00 e. The summed E-state index contributed by atoms with van der Waals surface area (Å²) < 4.78 is 77.8. The van der Waals surface area contributed by atoms with E-state index in [-0.39, 0.29) is 122 Å². The molecule has 75 heavy (non-hydrogen) atoms. The smallest absolute Gasteiger partial charge is 0.421 e. The average molecular weight is 1100 g/mol. The predicted octanol–water partition coefficient (Wildman–Crippen LogP) is 3.38. The van der Waals surface area contributed by atoms with Gasteiger partial charge in [-0.1, -0.05) is 146 Å². The van der Waals surface area contributed by atoms with Crippen LogP contribution in [0.15, 0.2) is 204 Å². The number of hydrogen-bond donors (Lipinski definition) is 4. The van der Waals surface area contributed by atoms with E-state index in [1.807, 2.05) is 48.5 Å². The summed E-state index contributed by atoms with van der Waals surface area (Å²) in [7, 11) is -9.26. The van der Waals surface area contributed by atoms with Gasteiger partial charge in [-0.15, -0.1) is 0 Å². The van der Waals surface area contributed by atoms with E-state index in [1.54, 1.807) is 109 Å². The van der Waals surface area contributed by atoms with Crippen molar-refractivity contribution in [2.75, 3.05) is 10.9 Å². The third-order valence-electron chi connectivity index (χ3n) is 11.2. The van der Waals surface area contributed by atoms with Gasteiger partial charge in [-0.3, -0.25) is 29.5 Å². The zero-order chi connectivity index (χ0) is 50.6. The van der Waals surface area contributed by atoms with Gasteiger partial charge in [-0.05, 0) is 47.2 Å². The van der Waals surface area contributed by atoms with E-state index >= 15 is 0 Å². The third kappa shape index (κ3) is 12.9. The second-order valence-corrected chi connectivity index (χ2v) is 18.5. The molecule has 8 aromatic carbocycles. The first-order valence-electron chi connectivity index (χ1n) is 21.6. The number of allylic oxidation sites excluding steroid dienone is 2. The van der Waals surface area contributed by atoms with Gasteiger partial charge in [-0.2, -0.15) is 27.0 Å². The summed E-state index contributed by atoms with van der Waals surface area (Å²) in [6.07, 6.45) is 1.66. The Morgan fingerprint density at radius 1 is 0.427 bits per heavy atom. The predicted molar refractivity (Wildman–Crippen MR) is 273 cm³/mol. The average Bonchev–Trinajstić information content (AvgIpc) is 3.38. The second-order valence-electron chi connectivity index (χ2n) is 15.8. The Hall–Kier alpha value is -6.67. The van der Waals surface area contributed by atoms with E-state index in [1.165, 1.54) is 24.3 Å². The summed E-state index contributed by atoms with van der Waals surface area (Å²) in [5, 5.41) is 11.6. The molecule has 0 saturated carbocycles. The second kappa shape index (κ2) is 24.8. The van der Waals surface area contributed by atoms with Crippen molar-refractivity contribution in [2.24, 2.45) is 10.2 Å². The first-order chi connectivity index (χ1) is 34.7. The molecule has 2 aliphatic rings. The van der Waals surface area contributed by atoms with Crippen molar-refractivity contribution >= 4 is 97.9 Å². The van der Waals surface area contributed by atoms with E-state index in [0.717, 1.165) is 22.9 Å². The molecule has 0 aromatic heterocycles. The number of esters is 2. The van der Waals surface area contributed by atoms with Crippen molar-refractivity contribution < 1.29 is 131 Å². The number of benzene rings is 8. The Morgan fingerprint density at radius 3 is 1.11 bits per heavy atom. The van der Waals surface area contributed by atoms with Crippen LogP contribution in [0.3, 0.4) is 0 Å². The molecule has 0 saturated heterocycles. The number of nitrogens with zero attached hydrogens (tertiary/aromatic N) is 2. The van der Waals surface area contributed by atoms with Gasteiger partial charge in [0.15, 0.2) is 11.5 Å². The third-order valence-corrected chi connectivity index (χ3v) is 13.0. The Morgan fingerprint density at radius 2 is 0.747 bits per heavy atom. The van der Waals surface area contributed by atoms with Gasteiger partial charge in [0.25, 0.3) is 20.2 Å². The van der Waals surface area contributed by atoms with Crippen molar-refractivity contribution in [1.82, 2.24) is 0 Å². The van der Waals surface area contributed by atoms with E-state index in [0.29, 0.717) is 33.3 Å². The molecule has 0 spiro atoms. The first-order valence-corrected chi connectivity index (χ1v) is 24.5. The molecule has 10 rings (SSSR count). The van der Waals surface area contributed by atoms with Crippen LogP contribution in [0.2, 0.25) is 0 Å². The largest absolute Gasteiger partial charge is 1.00 e. The van der Waals surface area contributed by atoms with E-state index in [9.17, 15) is 45.1 Å². The van der Waals surface area contributed by atoms with Crippen LogP contribution in [-0.4, -0.2) is 60.9 Å². The molecule has 2 aliphatic carbocycles. The molecule has 4 N–H and O–H groups in total. The Labute approximate surface area is 484 Å². The van der Waals surface area contributed by atoms with Gasteiger partial charge in [-0.25, -0.2) is 9.59 Å². The van der Waals surface area contributed by atoms with Crippen LogP contribution in [0.25, 0.3) is 31.4 Å². The van der Waals surface area contributed by atoms with Gasteiger partial charge in [0.2, 0.25) is 11.6 Å². The van der Waals surface area contributed by atoms with Gasteiger partial charge in [0.05, 0.1) is 11.1 Å². The quantitative estimate of drug-likeness (QED) is 0.0505. The number of fused-ring (bicyclic) bond motifs is 4. The maximum atomic E-state index is 12.8. The molecule has 0 amide bonds. The summed E-state index contributed by atoms with van der Waals surface area (Å²) in [5.74, 6) is -2.17. The van der Waals surface area contributed by atoms with E-state index in [2.05, 4.69) is 21.1 Å². The zero-order valence-electron chi connectivity index (χ0n) is 39.6. The molecule has 362 valence electrons. The first kappa shape index (κ1) is 57.6. The molecule has 0 bridgehead atoms. The SMILES string of the molecule is O=C1C=C(S(=O)(=O)O)c2ccccc2/C1=N/Nc1c(OC(=O)c2ccccc2)ccc2ccccc12.O=C1C=C(S(=O)(=O)O)c2ccccc2/C1=N/Nc1c(OC(=O)c2ccccc2)ccc2ccccc12.[Cr].[Na+].[Na+]. The van der Waals surface area contributed by atoms with Crippen LogP contribution in [0.4, 0.5) is 11.4 Å². The van der Waals surface area contributed by atoms with Crippen LogP contribution >= 0.6 is 0 Å². The van der Waals surface area contributed by atoms with Crippen LogP contribution in [0, 0.1) is 0 Å². The summed E-state index contributed by atoms with van der Waals surface area (Å²) in [5.41, 5.74) is 7.76. The number of carbonyl (C=O) groups excluding carboxylic acids is 4. The Kier molecular flexibility index (Phi) is 19.0. The molecule has 16 nitrogen and oxygen atoms in total. The molecule has 0 unspecified atom stereocenters. The molecule has 8 aromatic rings. The summed E-state index contributed by atoms with van der Waals surface area (Å²) in [6, 6.07) is 51.0. The monoisotopic (exact) mass is 1090 g/mol. The van der Waals surface area contributed by atoms with Crippen molar-refractivity contribution in [2.45, 2.75) is 0 Å². The minimum Gasteiger partial charge on any atom is -0.421 e. The number of hydrogen-bond acceptors (Lipinski definition) is 14. The number of ether oxygens (including phenoxy) is 2. The standard InChI is InChI=1S/2C27H18N2O6S.Cr.2Na/c2*30-22-16-24(36(32,33)34)20-12-6-7-13-21(20)25(22)28-29-26-19-11-5-4-8-17(19)14-15-23(26)35-27(31)18-9-2-1-3-10-18;;;/h2*1-16,29H,(H,32,33,34);;;/q;;;2*+1/b2*28-25-;;;. The molecule has 0 aliphatic heterocycles. The summed E-state index contributed by atoms with van der Waals surface area (Å²) >= 11 is 0. The number of anilines is 2. The van der Waals surface area contributed by atoms with Crippen molar-refractivity contribution in [3.63, 3.8) is 0 Å². The molecule has 0 atom stereocenters. The fourth-order valence-electron chi connectivity index (χ4n) is 7.86. The normalized spacial score (nSPS) is 13.7. The van der Waals surface area contributed by atoms with Gasteiger partial charge in [0, 0.05) is 62.5 Å². The molecular formula is C54H36CrN4Na2O12S2+2. The van der Waals surface area contributed by atoms with Gasteiger partial charge < -0.3 is 9.47 Å². The summed E-state index contributed by atoms with van der Waals surface area (Å²) in [6.45, 7) is 0. The number of nitrogens with one attached hydrogen (secondary N) is 2. The van der Waals surface area contributed by atoms with Crippen molar-refractivity contribution in [3.8, 4) is 11.5 Å². The molecule has 21 heteroatoms. The van der Waals surface area contributed by atoms with Crippen LogP contribution in [0.5, 0.6) is 11.5 Å². The molecular weight excluding hydrogens is 1060 g/mol. The topological polar surface area (TPSA) is 244 Å². The van der Waals surface area contributed by atoms with Crippen LogP contribution < -0.4 is 79.4 Å². The van der Waals surface area contributed by atoms with Crippen LogP contribution in [-0.2, 0) is 47.2 Å². The maximum absolute atomic E-state index is 12.8. The number of rotatable bonds is 10. The minimum absolute atomic E-state index is 0. The van der Waals surface area contributed by atoms with Crippen LogP contribution in [0.1, 0.15) is 43.0 Å². The van der Waals surface area contributed by atoms with Gasteiger partial charge >= 0.3 is 71.1 Å². The fourth-order valence-corrected chi connectivity index (χ4v) is 9.28. The number of hydrazone groups is 2. The Balaban J connectivity index is 0.000000234. The molecule has 0 radical (unpaired) electrons. The van der Waals surface area contributed by atoms with E-state index < -0.39 is 53.6 Å². The van der Waals surface area contributed by atoms with Gasteiger partial charge in [0.1, 0.15) is 32.6 Å².